The number of rotatable bonds is 7. The van der Waals surface area contributed by atoms with Crippen LogP contribution in [0.3, 0.4) is 0 Å². The van der Waals surface area contributed by atoms with Crippen LogP contribution < -0.4 is 10.6 Å². The molecule has 4 aromatic rings. The van der Waals surface area contributed by atoms with Crippen LogP contribution in [0.25, 0.3) is 5.69 Å². The minimum atomic E-state index is -0.618. The average molecular weight is 447 g/mol. The van der Waals surface area contributed by atoms with E-state index < -0.39 is 16.6 Å². The smallest absolute Gasteiger partial charge is 0.293 e. The predicted molar refractivity (Wildman–Crippen MR) is 119 cm³/mol. The van der Waals surface area contributed by atoms with Crippen molar-refractivity contribution in [1.29, 1.82) is 0 Å². The van der Waals surface area contributed by atoms with Gasteiger partial charge in [-0.15, -0.1) is 0 Å². The lowest BCUT2D eigenvalue weighted by atomic mass is 10.1. The van der Waals surface area contributed by atoms with Gasteiger partial charge in [-0.3, -0.25) is 19.9 Å². The van der Waals surface area contributed by atoms with Crippen LogP contribution in [0, 0.1) is 15.9 Å². The number of nitrogens with one attached hydrogen (secondary N) is 2. The summed E-state index contributed by atoms with van der Waals surface area (Å²) >= 11 is 0. The van der Waals surface area contributed by atoms with E-state index in [4.69, 9.17) is 0 Å². The van der Waals surface area contributed by atoms with E-state index in [1.54, 1.807) is 18.3 Å². The third-order valence-electron chi connectivity index (χ3n) is 4.83. The van der Waals surface area contributed by atoms with Gasteiger partial charge in [0.2, 0.25) is 0 Å². The molecule has 0 aliphatic heterocycles. The predicted octanol–water partition coefficient (Wildman–Crippen LogP) is 4.14. The molecule has 1 amide bonds. The van der Waals surface area contributed by atoms with Crippen LogP contribution in [0.5, 0.6) is 0 Å². The fourth-order valence-corrected chi connectivity index (χ4v) is 3.19. The number of nitro groups is 1. The van der Waals surface area contributed by atoms with Gasteiger partial charge in [0.15, 0.2) is 5.82 Å². The summed E-state index contributed by atoms with van der Waals surface area (Å²) in [5.74, 6) is -1.23. The molecule has 0 radical (unpaired) electrons. The number of pyridine rings is 1. The van der Waals surface area contributed by atoms with Crippen LogP contribution in [0.1, 0.15) is 29.0 Å². The molecule has 2 heterocycles. The molecule has 33 heavy (non-hydrogen) atoms. The Balaban J connectivity index is 1.53. The molecule has 11 heteroatoms. The molecule has 2 aromatic carbocycles. The van der Waals surface area contributed by atoms with E-state index in [2.05, 4.69) is 25.7 Å². The van der Waals surface area contributed by atoms with E-state index >= 15 is 0 Å². The highest BCUT2D eigenvalue weighted by Gasteiger charge is 2.20. The van der Waals surface area contributed by atoms with Crippen LogP contribution in [0.4, 0.5) is 21.5 Å². The first-order chi connectivity index (χ1) is 15.9. The molecule has 0 saturated heterocycles. The lowest BCUT2D eigenvalue weighted by Gasteiger charge is -2.15. The lowest BCUT2D eigenvalue weighted by Crippen LogP contribution is -2.14. The maximum atomic E-state index is 14.4. The van der Waals surface area contributed by atoms with Gasteiger partial charge in [0.25, 0.3) is 11.6 Å². The lowest BCUT2D eigenvalue weighted by molar-refractivity contribution is -0.384. The van der Waals surface area contributed by atoms with E-state index in [0.29, 0.717) is 5.69 Å². The van der Waals surface area contributed by atoms with Crippen molar-refractivity contribution in [3.05, 3.63) is 101 Å². The second-order valence-corrected chi connectivity index (χ2v) is 7.07. The van der Waals surface area contributed by atoms with Crippen LogP contribution in [0.2, 0.25) is 0 Å². The summed E-state index contributed by atoms with van der Waals surface area (Å²) in [7, 11) is 0. The zero-order chi connectivity index (χ0) is 23.4. The Morgan fingerprint density at radius 3 is 2.70 bits per heavy atom. The normalized spacial score (nSPS) is 11.6. The molecular formula is C22H18FN7O3. The summed E-state index contributed by atoms with van der Waals surface area (Å²) in [6.45, 7) is 1.82. The van der Waals surface area contributed by atoms with E-state index in [1.165, 1.54) is 47.7 Å². The second-order valence-electron chi connectivity index (χ2n) is 7.07. The molecule has 0 aliphatic carbocycles. The maximum absolute atomic E-state index is 14.4. The molecule has 1 unspecified atom stereocenters. The fourth-order valence-electron chi connectivity index (χ4n) is 3.19. The van der Waals surface area contributed by atoms with Crippen molar-refractivity contribution in [2.24, 2.45) is 0 Å². The van der Waals surface area contributed by atoms with Crippen molar-refractivity contribution in [2.45, 2.75) is 13.0 Å². The van der Waals surface area contributed by atoms with Gasteiger partial charge in [-0.25, -0.2) is 14.1 Å². The van der Waals surface area contributed by atoms with Crippen LogP contribution in [-0.2, 0) is 0 Å². The van der Waals surface area contributed by atoms with E-state index in [-0.39, 0.29) is 34.4 Å². The van der Waals surface area contributed by atoms with E-state index in [1.807, 2.05) is 13.0 Å². The van der Waals surface area contributed by atoms with Gasteiger partial charge in [-0.05, 0) is 49.4 Å². The van der Waals surface area contributed by atoms with Crippen LogP contribution >= 0.6 is 0 Å². The largest absolute Gasteiger partial charge is 0.371 e. The number of nitro benzene ring substituents is 1. The van der Waals surface area contributed by atoms with Gasteiger partial charge in [0.1, 0.15) is 24.0 Å². The minimum Gasteiger partial charge on any atom is -0.371 e. The number of hydrogen-bond donors (Lipinski definition) is 2. The molecular weight excluding hydrogens is 429 g/mol. The summed E-state index contributed by atoms with van der Waals surface area (Å²) in [6.07, 6.45) is 4.26. The number of halogens is 1. The van der Waals surface area contributed by atoms with Gasteiger partial charge < -0.3 is 10.6 Å². The van der Waals surface area contributed by atoms with Crippen molar-refractivity contribution in [2.75, 3.05) is 10.6 Å². The Morgan fingerprint density at radius 2 is 2.03 bits per heavy atom. The molecule has 0 fully saturated rings. The third kappa shape index (κ3) is 4.82. The Hall–Kier alpha value is -4.67. The molecule has 2 aromatic heterocycles. The van der Waals surface area contributed by atoms with Gasteiger partial charge >= 0.3 is 0 Å². The van der Waals surface area contributed by atoms with Crippen molar-refractivity contribution < 1.29 is 14.1 Å². The summed E-state index contributed by atoms with van der Waals surface area (Å²) in [5, 5.41) is 21.1. The zero-order valence-electron chi connectivity index (χ0n) is 17.3. The monoisotopic (exact) mass is 447 g/mol. The van der Waals surface area contributed by atoms with Crippen molar-refractivity contribution >= 4 is 23.0 Å². The molecule has 166 valence electrons. The molecule has 0 spiro atoms. The minimum absolute atomic E-state index is 0.0542. The second kappa shape index (κ2) is 9.22. The summed E-state index contributed by atoms with van der Waals surface area (Å²) in [5.41, 5.74) is 1.10. The van der Waals surface area contributed by atoms with Gasteiger partial charge in [-0.1, -0.05) is 6.07 Å². The third-order valence-corrected chi connectivity index (χ3v) is 4.83. The average Bonchev–Trinajstić information content (AvgIpc) is 3.34. The van der Waals surface area contributed by atoms with Crippen molar-refractivity contribution in [3.8, 4) is 5.69 Å². The van der Waals surface area contributed by atoms with Crippen molar-refractivity contribution in [1.82, 2.24) is 19.7 Å². The molecule has 0 aliphatic rings. The summed E-state index contributed by atoms with van der Waals surface area (Å²) < 4.78 is 15.7. The first kappa shape index (κ1) is 21.6. The summed E-state index contributed by atoms with van der Waals surface area (Å²) in [4.78, 5) is 31.7. The quantitative estimate of drug-likeness (QED) is 0.322. The van der Waals surface area contributed by atoms with Gasteiger partial charge in [-0.2, -0.15) is 5.10 Å². The number of aromatic nitrogens is 4. The van der Waals surface area contributed by atoms with E-state index in [9.17, 15) is 19.3 Å². The SMILES string of the molecule is CC(Nc1ccc(C(=O)Nc2ccc(-n3cncn3)c(F)c2)cc1[N+](=O)[O-])c1ccccn1. The van der Waals surface area contributed by atoms with Crippen LogP contribution in [-0.4, -0.2) is 30.6 Å². The standard InChI is InChI=1S/C22H18FN7O3/c1-14(18-4-2-3-9-25-18)27-19-7-5-15(10-21(19)30(32)33)22(31)28-16-6-8-20(17(23)11-16)29-13-24-12-26-29/h2-14,27H,1H3,(H,28,31). The Labute approximate surface area is 187 Å². The Bertz CT molecular complexity index is 1300. The van der Waals surface area contributed by atoms with E-state index in [0.717, 1.165) is 6.07 Å². The Kier molecular flexibility index (Phi) is 6.02. The highest BCUT2D eigenvalue weighted by molar-refractivity contribution is 6.05. The number of amides is 1. The molecule has 4 rings (SSSR count). The number of carbonyl (C=O) groups excluding carboxylic acids is 1. The molecule has 2 N–H and O–H groups in total. The van der Waals surface area contributed by atoms with Crippen molar-refractivity contribution in [3.63, 3.8) is 0 Å². The number of hydrogen-bond acceptors (Lipinski definition) is 7. The Morgan fingerprint density at radius 1 is 1.18 bits per heavy atom. The molecule has 0 saturated carbocycles. The number of anilines is 2. The highest BCUT2D eigenvalue weighted by atomic mass is 19.1. The number of benzene rings is 2. The molecule has 1 atom stereocenters. The fraction of sp³-hybridized carbons (Fsp3) is 0.0909. The van der Waals surface area contributed by atoms with Gasteiger partial charge in [0.05, 0.1) is 16.7 Å². The highest BCUT2D eigenvalue weighted by Crippen LogP contribution is 2.29. The molecule has 10 nitrogen and oxygen atoms in total. The maximum Gasteiger partial charge on any atom is 0.293 e. The number of carbonyl (C=O) groups is 1. The topological polar surface area (TPSA) is 128 Å². The van der Waals surface area contributed by atoms with Gasteiger partial charge in [0, 0.05) is 23.5 Å². The summed E-state index contributed by atoms with van der Waals surface area (Å²) in [6, 6.07) is 13.3. The zero-order valence-corrected chi connectivity index (χ0v) is 17.3. The number of nitrogens with zero attached hydrogens (tertiary/aromatic N) is 5. The van der Waals surface area contributed by atoms with Crippen LogP contribution in [0.15, 0.2) is 73.4 Å². The molecule has 0 bridgehead atoms. The first-order valence-electron chi connectivity index (χ1n) is 9.84. The first-order valence-corrected chi connectivity index (χ1v) is 9.84.